The molecular formula is C12H16N2O3. The molecule has 1 saturated heterocycles. The standard InChI is InChI=1S/C12H16N2O3/c1-17-9-3-6-14(7-4-9)12(16)10-8-13-5-2-11(10)15/h2,5,8-9H,3-4,6-7H2,1H3,(H,13,15). The Morgan fingerprint density at radius 2 is 2.18 bits per heavy atom. The maximum atomic E-state index is 12.1. The van der Waals surface area contributed by atoms with Gasteiger partial charge >= 0.3 is 0 Å². The number of hydrogen-bond acceptors (Lipinski definition) is 3. The van der Waals surface area contributed by atoms with Crippen molar-refractivity contribution in [3.8, 4) is 0 Å². The molecule has 17 heavy (non-hydrogen) atoms. The fraction of sp³-hybridized carbons (Fsp3) is 0.500. The minimum absolute atomic E-state index is 0.193. The Morgan fingerprint density at radius 1 is 1.47 bits per heavy atom. The fourth-order valence-corrected chi connectivity index (χ4v) is 2.05. The largest absolute Gasteiger partial charge is 0.381 e. The Kier molecular flexibility index (Phi) is 3.58. The molecule has 1 aromatic heterocycles. The molecule has 5 heteroatoms. The second-order valence-electron chi connectivity index (χ2n) is 4.15. The maximum absolute atomic E-state index is 12.1. The van der Waals surface area contributed by atoms with Crippen molar-refractivity contribution in [3.63, 3.8) is 0 Å². The van der Waals surface area contributed by atoms with Gasteiger partial charge in [0.25, 0.3) is 5.91 Å². The molecule has 5 nitrogen and oxygen atoms in total. The zero-order valence-electron chi connectivity index (χ0n) is 9.81. The van der Waals surface area contributed by atoms with Gasteiger partial charge in [-0.15, -0.1) is 0 Å². The van der Waals surface area contributed by atoms with E-state index in [4.69, 9.17) is 4.74 Å². The van der Waals surface area contributed by atoms with Crippen LogP contribution in [0.3, 0.4) is 0 Å². The van der Waals surface area contributed by atoms with Crippen LogP contribution in [0.5, 0.6) is 0 Å². The average Bonchev–Trinajstić information content (AvgIpc) is 2.39. The number of aromatic nitrogens is 1. The number of amides is 1. The normalized spacial score (nSPS) is 17.1. The van der Waals surface area contributed by atoms with Crippen molar-refractivity contribution in [1.82, 2.24) is 9.88 Å². The molecule has 0 aromatic carbocycles. The molecule has 0 radical (unpaired) electrons. The highest BCUT2D eigenvalue weighted by molar-refractivity contribution is 5.93. The zero-order chi connectivity index (χ0) is 12.3. The van der Waals surface area contributed by atoms with Crippen LogP contribution in [0, 0.1) is 0 Å². The van der Waals surface area contributed by atoms with Gasteiger partial charge in [-0.3, -0.25) is 9.59 Å². The van der Waals surface area contributed by atoms with Gasteiger partial charge in [-0.1, -0.05) is 0 Å². The van der Waals surface area contributed by atoms with E-state index in [2.05, 4.69) is 4.98 Å². The summed E-state index contributed by atoms with van der Waals surface area (Å²) in [6.45, 7) is 1.29. The Morgan fingerprint density at radius 3 is 2.76 bits per heavy atom. The van der Waals surface area contributed by atoms with Crippen LogP contribution in [0.1, 0.15) is 23.2 Å². The van der Waals surface area contributed by atoms with E-state index in [0.717, 1.165) is 12.8 Å². The third-order valence-corrected chi connectivity index (χ3v) is 3.12. The van der Waals surface area contributed by atoms with E-state index in [1.54, 1.807) is 12.0 Å². The number of rotatable bonds is 2. The van der Waals surface area contributed by atoms with Crippen molar-refractivity contribution in [3.05, 3.63) is 34.2 Å². The lowest BCUT2D eigenvalue weighted by molar-refractivity contribution is 0.0350. The minimum atomic E-state index is -0.234. The number of likely N-dealkylation sites (tertiary alicyclic amines) is 1. The van der Waals surface area contributed by atoms with Gasteiger partial charge in [0, 0.05) is 38.7 Å². The van der Waals surface area contributed by atoms with Crippen LogP contribution in [0.25, 0.3) is 0 Å². The number of pyridine rings is 1. The predicted octanol–water partition coefficient (Wildman–Crippen LogP) is 0.626. The molecule has 0 spiro atoms. The van der Waals surface area contributed by atoms with Gasteiger partial charge in [0.1, 0.15) is 5.56 Å². The van der Waals surface area contributed by atoms with Crippen molar-refractivity contribution in [2.75, 3.05) is 20.2 Å². The van der Waals surface area contributed by atoms with Crippen molar-refractivity contribution in [2.45, 2.75) is 18.9 Å². The quantitative estimate of drug-likeness (QED) is 0.819. The summed E-state index contributed by atoms with van der Waals surface area (Å²) in [7, 11) is 1.68. The maximum Gasteiger partial charge on any atom is 0.259 e. The predicted molar refractivity (Wildman–Crippen MR) is 63.0 cm³/mol. The Balaban J connectivity index is 2.07. The third-order valence-electron chi connectivity index (χ3n) is 3.12. The van der Waals surface area contributed by atoms with Crippen LogP contribution in [0.15, 0.2) is 23.3 Å². The molecule has 1 aliphatic heterocycles. The lowest BCUT2D eigenvalue weighted by Crippen LogP contribution is -2.42. The molecule has 92 valence electrons. The van der Waals surface area contributed by atoms with Crippen molar-refractivity contribution < 1.29 is 9.53 Å². The summed E-state index contributed by atoms with van der Waals surface area (Å²) in [4.78, 5) is 28.1. The number of H-pyrrole nitrogens is 1. The van der Waals surface area contributed by atoms with Gasteiger partial charge < -0.3 is 14.6 Å². The highest BCUT2D eigenvalue weighted by atomic mass is 16.5. The van der Waals surface area contributed by atoms with Crippen molar-refractivity contribution >= 4 is 5.91 Å². The van der Waals surface area contributed by atoms with Gasteiger partial charge in [0.2, 0.25) is 0 Å². The molecule has 0 unspecified atom stereocenters. The van der Waals surface area contributed by atoms with E-state index in [1.165, 1.54) is 18.5 Å². The molecule has 1 N–H and O–H groups in total. The van der Waals surface area contributed by atoms with Gasteiger partial charge in [0.05, 0.1) is 6.10 Å². The topological polar surface area (TPSA) is 62.4 Å². The van der Waals surface area contributed by atoms with Gasteiger partial charge in [-0.25, -0.2) is 0 Å². The lowest BCUT2D eigenvalue weighted by atomic mass is 10.1. The number of methoxy groups -OCH3 is 1. The van der Waals surface area contributed by atoms with E-state index in [1.807, 2.05) is 0 Å². The molecule has 2 heterocycles. The first-order valence-corrected chi connectivity index (χ1v) is 5.71. The number of ether oxygens (including phenoxy) is 1. The van der Waals surface area contributed by atoms with E-state index in [9.17, 15) is 9.59 Å². The molecule has 1 aliphatic rings. The van der Waals surface area contributed by atoms with Crippen LogP contribution in [0.2, 0.25) is 0 Å². The number of hydrogen-bond donors (Lipinski definition) is 1. The van der Waals surface area contributed by atoms with E-state index < -0.39 is 0 Å². The summed E-state index contributed by atoms with van der Waals surface area (Å²) in [5.41, 5.74) is -0.0222. The van der Waals surface area contributed by atoms with E-state index in [0.29, 0.717) is 13.1 Å². The molecule has 0 bridgehead atoms. The number of nitrogens with zero attached hydrogens (tertiary/aromatic N) is 1. The Bertz CT molecular complexity index is 447. The lowest BCUT2D eigenvalue weighted by Gasteiger charge is -2.31. The molecule has 0 saturated carbocycles. The monoisotopic (exact) mass is 236 g/mol. The summed E-state index contributed by atoms with van der Waals surface area (Å²) in [6, 6.07) is 1.37. The van der Waals surface area contributed by atoms with Crippen molar-refractivity contribution in [1.29, 1.82) is 0 Å². The third kappa shape index (κ3) is 2.55. The molecule has 0 atom stereocenters. The number of piperidine rings is 1. The van der Waals surface area contributed by atoms with Crippen molar-refractivity contribution in [2.24, 2.45) is 0 Å². The first-order valence-electron chi connectivity index (χ1n) is 5.71. The Labute approximate surface area is 99.4 Å². The summed E-state index contributed by atoms with van der Waals surface area (Å²) >= 11 is 0. The highest BCUT2D eigenvalue weighted by Gasteiger charge is 2.24. The molecule has 1 aromatic rings. The smallest absolute Gasteiger partial charge is 0.259 e. The first kappa shape index (κ1) is 11.9. The van der Waals surface area contributed by atoms with E-state index >= 15 is 0 Å². The summed E-state index contributed by atoms with van der Waals surface area (Å²) in [6.07, 6.45) is 4.87. The second kappa shape index (κ2) is 5.14. The number of carbonyl (C=O) groups is 1. The Hall–Kier alpha value is -1.62. The molecule has 0 aliphatic carbocycles. The molecule has 1 fully saturated rings. The second-order valence-corrected chi connectivity index (χ2v) is 4.15. The molecular weight excluding hydrogens is 220 g/mol. The summed E-state index contributed by atoms with van der Waals surface area (Å²) in [5.74, 6) is -0.193. The zero-order valence-corrected chi connectivity index (χ0v) is 9.81. The van der Waals surface area contributed by atoms with Crippen LogP contribution >= 0.6 is 0 Å². The molecule has 1 amide bonds. The average molecular weight is 236 g/mol. The number of aromatic amines is 1. The van der Waals surface area contributed by atoms with Gasteiger partial charge in [0.15, 0.2) is 5.43 Å². The van der Waals surface area contributed by atoms with E-state index in [-0.39, 0.29) is 23.0 Å². The minimum Gasteiger partial charge on any atom is -0.381 e. The number of nitrogens with one attached hydrogen (secondary N) is 1. The summed E-state index contributed by atoms with van der Waals surface area (Å²) < 4.78 is 5.24. The van der Waals surface area contributed by atoms with Crippen LogP contribution in [-0.2, 0) is 4.74 Å². The SMILES string of the molecule is COC1CCN(C(=O)c2c[nH]ccc2=O)CC1. The number of carbonyl (C=O) groups excluding carboxylic acids is 1. The van der Waals surface area contributed by atoms with Gasteiger partial charge in [-0.05, 0) is 12.8 Å². The van der Waals surface area contributed by atoms with Gasteiger partial charge in [-0.2, -0.15) is 0 Å². The highest BCUT2D eigenvalue weighted by Crippen LogP contribution is 2.14. The van der Waals surface area contributed by atoms with Crippen LogP contribution in [0.4, 0.5) is 0 Å². The first-order chi connectivity index (χ1) is 8.22. The fourth-order valence-electron chi connectivity index (χ4n) is 2.05. The van der Waals surface area contributed by atoms with Crippen LogP contribution in [-0.4, -0.2) is 42.1 Å². The van der Waals surface area contributed by atoms with Crippen LogP contribution < -0.4 is 5.43 Å². The summed E-state index contributed by atoms with van der Waals surface area (Å²) in [5, 5.41) is 0. The molecule has 2 rings (SSSR count).